The lowest BCUT2D eigenvalue weighted by Gasteiger charge is -2.60. The number of rotatable bonds is 3. The van der Waals surface area contributed by atoms with Crippen molar-refractivity contribution in [3.05, 3.63) is 11.6 Å². The summed E-state index contributed by atoms with van der Waals surface area (Å²) in [7, 11) is 0. The molecule has 152 valence electrons. The van der Waals surface area contributed by atoms with E-state index in [4.69, 9.17) is 0 Å². The quantitative estimate of drug-likeness (QED) is 0.776. The Morgan fingerprint density at radius 3 is 2.71 bits per heavy atom. The molecule has 5 saturated carbocycles. The van der Waals surface area contributed by atoms with Gasteiger partial charge < -0.3 is 10.2 Å². The summed E-state index contributed by atoms with van der Waals surface area (Å²) < 4.78 is 0. The van der Waals surface area contributed by atoms with Crippen molar-refractivity contribution in [2.24, 2.45) is 52.3 Å². The molecule has 4 nitrogen and oxygen atoms in total. The van der Waals surface area contributed by atoms with Crippen LogP contribution in [0, 0.1) is 52.3 Å². The molecule has 0 radical (unpaired) electrons. The molecule has 28 heavy (non-hydrogen) atoms. The van der Waals surface area contributed by atoms with Crippen molar-refractivity contribution in [1.82, 2.24) is 0 Å². The summed E-state index contributed by atoms with van der Waals surface area (Å²) in [5.41, 5.74) is 0.705. The Morgan fingerprint density at radius 2 is 1.96 bits per heavy atom. The SMILES string of the molecule is C[C@]12CCC(=O)C=C1[C@H]1C[C@H]1[C@@H]1[C@H]3[C@@H]4C[C@@H]4[C@@](O)(CCC(=O)O)[C@@]3(C)CC[C@H]12. The maximum absolute atomic E-state index is 12.1. The lowest BCUT2D eigenvalue weighted by Crippen LogP contribution is -2.57. The highest BCUT2D eigenvalue weighted by atomic mass is 16.4. The summed E-state index contributed by atoms with van der Waals surface area (Å²) in [5, 5.41) is 21.1. The molecule has 0 amide bonds. The van der Waals surface area contributed by atoms with E-state index in [-0.39, 0.29) is 17.3 Å². The summed E-state index contributed by atoms with van der Waals surface area (Å²) in [6, 6.07) is 0. The van der Waals surface area contributed by atoms with Gasteiger partial charge in [0.2, 0.25) is 0 Å². The summed E-state index contributed by atoms with van der Waals surface area (Å²) in [6.07, 6.45) is 8.65. The van der Waals surface area contributed by atoms with Gasteiger partial charge in [0, 0.05) is 12.8 Å². The summed E-state index contributed by atoms with van der Waals surface area (Å²) in [5.74, 6) is 3.58. The third kappa shape index (κ3) is 1.92. The molecule has 10 atom stereocenters. The van der Waals surface area contributed by atoms with E-state index in [1.165, 1.54) is 12.0 Å². The van der Waals surface area contributed by atoms with Crippen LogP contribution in [0.15, 0.2) is 11.6 Å². The van der Waals surface area contributed by atoms with E-state index >= 15 is 0 Å². The average molecular weight is 385 g/mol. The van der Waals surface area contributed by atoms with E-state index < -0.39 is 11.6 Å². The average Bonchev–Trinajstić information content (AvgIpc) is 3.53. The lowest BCUT2D eigenvalue weighted by molar-refractivity contribution is -0.160. The zero-order valence-corrected chi connectivity index (χ0v) is 17.0. The van der Waals surface area contributed by atoms with Crippen LogP contribution in [0.3, 0.4) is 0 Å². The molecule has 6 aliphatic rings. The van der Waals surface area contributed by atoms with E-state index in [0.29, 0.717) is 60.1 Å². The molecule has 0 bridgehead atoms. The minimum atomic E-state index is -0.796. The Balaban J connectivity index is 1.38. The maximum Gasteiger partial charge on any atom is 0.303 e. The fourth-order valence-corrected chi connectivity index (χ4v) is 9.28. The van der Waals surface area contributed by atoms with Crippen LogP contribution in [0.4, 0.5) is 0 Å². The first kappa shape index (κ1) is 17.7. The van der Waals surface area contributed by atoms with Crippen molar-refractivity contribution in [2.45, 2.75) is 70.8 Å². The second-order valence-electron chi connectivity index (χ2n) is 11.5. The van der Waals surface area contributed by atoms with E-state index in [9.17, 15) is 19.8 Å². The lowest BCUT2D eigenvalue weighted by atomic mass is 9.45. The van der Waals surface area contributed by atoms with Gasteiger partial charge in [0.1, 0.15) is 0 Å². The fourth-order valence-electron chi connectivity index (χ4n) is 9.28. The molecule has 5 fully saturated rings. The molecule has 0 aliphatic heterocycles. The summed E-state index contributed by atoms with van der Waals surface area (Å²) >= 11 is 0. The number of hydrogen-bond acceptors (Lipinski definition) is 3. The molecule has 0 heterocycles. The van der Waals surface area contributed by atoms with Crippen LogP contribution in [0.1, 0.15) is 65.2 Å². The number of hydrogen-bond donors (Lipinski definition) is 2. The van der Waals surface area contributed by atoms with Gasteiger partial charge in [-0.1, -0.05) is 19.4 Å². The number of carboxylic acids is 1. The first-order chi connectivity index (χ1) is 13.2. The van der Waals surface area contributed by atoms with Gasteiger partial charge >= 0.3 is 5.97 Å². The van der Waals surface area contributed by atoms with Crippen molar-refractivity contribution in [2.75, 3.05) is 0 Å². The Kier molecular flexibility index (Phi) is 3.23. The third-order valence-electron chi connectivity index (χ3n) is 10.6. The molecule has 0 spiro atoms. The zero-order chi connectivity index (χ0) is 19.6. The number of aliphatic hydroxyl groups is 1. The number of carboxylic acid groups (broad SMARTS) is 1. The minimum absolute atomic E-state index is 0.0783. The normalized spacial score (nSPS) is 57.9. The van der Waals surface area contributed by atoms with Crippen LogP contribution in [0.5, 0.6) is 0 Å². The van der Waals surface area contributed by atoms with Crippen molar-refractivity contribution in [3.8, 4) is 0 Å². The van der Waals surface area contributed by atoms with Gasteiger partial charge in [-0.05, 0) is 96.9 Å². The second-order valence-corrected chi connectivity index (χ2v) is 11.5. The Morgan fingerprint density at radius 1 is 1.18 bits per heavy atom. The first-order valence-corrected chi connectivity index (χ1v) is 11.4. The highest BCUT2D eigenvalue weighted by molar-refractivity contribution is 5.92. The van der Waals surface area contributed by atoms with Crippen LogP contribution >= 0.6 is 0 Å². The van der Waals surface area contributed by atoms with Crippen LogP contribution in [0.25, 0.3) is 0 Å². The number of fused-ring (bicyclic) bond motifs is 10. The molecule has 4 heteroatoms. The molecule has 0 unspecified atom stereocenters. The Labute approximate surface area is 166 Å². The van der Waals surface area contributed by atoms with Crippen LogP contribution in [-0.4, -0.2) is 27.6 Å². The number of allylic oxidation sites excluding steroid dienone is 1. The number of carbonyl (C=O) groups excluding carboxylic acids is 1. The fraction of sp³-hybridized carbons (Fsp3) is 0.833. The van der Waals surface area contributed by atoms with Gasteiger partial charge in [-0.3, -0.25) is 9.59 Å². The molecule has 0 saturated heterocycles. The predicted molar refractivity (Wildman–Crippen MR) is 103 cm³/mol. The topological polar surface area (TPSA) is 74.6 Å². The number of ketones is 1. The van der Waals surface area contributed by atoms with E-state index in [2.05, 4.69) is 13.8 Å². The van der Waals surface area contributed by atoms with Crippen molar-refractivity contribution < 1.29 is 19.8 Å². The highest BCUT2D eigenvalue weighted by Crippen LogP contribution is 2.81. The molecule has 0 aromatic heterocycles. The van der Waals surface area contributed by atoms with Crippen LogP contribution in [-0.2, 0) is 9.59 Å². The molecule has 0 aromatic carbocycles. The maximum atomic E-state index is 12.1. The molecule has 0 aromatic rings. The standard InChI is InChI=1S/C24H32O4/c1-22-6-3-12(25)9-17(22)13-10-14(13)20-16(22)4-7-23(2)21(20)15-11-18(15)24(23,28)8-5-19(26)27/h9,13-16,18,20-21,28H,3-8,10-11H2,1-2H3,(H,26,27)/t13-,14+,15+,16+,18-,20-,21+,22+,23-,24-/m0/s1. The van der Waals surface area contributed by atoms with E-state index in [1.54, 1.807) is 0 Å². The monoisotopic (exact) mass is 384 g/mol. The van der Waals surface area contributed by atoms with Crippen LogP contribution < -0.4 is 0 Å². The third-order valence-corrected chi connectivity index (χ3v) is 10.6. The minimum Gasteiger partial charge on any atom is -0.481 e. The number of carbonyl (C=O) groups is 2. The first-order valence-electron chi connectivity index (χ1n) is 11.4. The van der Waals surface area contributed by atoms with Crippen molar-refractivity contribution in [3.63, 3.8) is 0 Å². The smallest absolute Gasteiger partial charge is 0.303 e. The predicted octanol–water partition coefficient (Wildman–Crippen LogP) is 3.83. The van der Waals surface area contributed by atoms with Gasteiger partial charge in [0.05, 0.1) is 5.60 Å². The Bertz CT molecular complexity index is 815. The molecular weight excluding hydrogens is 352 g/mol. The Hall–Kier alpha value is -1.16. The van der Waals surface area contributed by atoms with Gasteiger partial charge in [-0.2, -0.15) is 0 Å². The van der Waals surface area contributed by atoms with Gasteiger partial charge in [-0.15, -0.1) is 0 Å². The van der Waals surface area contributed by atoms with Gasteiger partial charge in [-0.25, -0.2) is 0 Å². The summed E-state index contributed by atoms with van der Waals surface area (Å²) in [4.78, 5) is 23.4. The molecular formula is C24H32O4. The van der Waals surface area contributed by atoms with Crippen molar-refractivity contribution >= 4 is 11.8 Å². The van der Waals surface area contributed by atoms with Gasteiger partial charge in [0.15, 0.2) is 5.78 Å². The van der Waals surface area contributed by atoms with Crippen molar-refractivity contribution in [1.29, 1.82) is 0 Å². The second kappa shape index (κ2) is 5.11. The number of aliphatic carboxylic acids is 1. The molecule has 6 aliphatic carbocycles. The molecule has 6 rings (SSSR count). The van der Waals surface area contributed by atoms with E-state index in [1.807, 2.05) is 6.08 Å². The summed E-state index contributed by atoms with van der Waals surface area (Å²) in [6.45, 7) is 4.72. The molecule has 2 N–H and O–H groups in total. The zero-order valence-electron chi connectivity index (χ0n) is 17.0. The van der Waals surface area contributed by atoms with E-state index in [0.717, 1.165) is 25.7 Å². The van der Waals surface area contributed by atoms with Crippen LogP contribution in [0.2, 0.25) is 0 Å². The largest absolute Gasteiger partial charge is 0.481 e. The highest BCUT2D eigenvalue weighted by Gasteiger charge is 2.78. The van der Waals surface area contributed by atoms with Gasteiger partial charge in [0.25, 0.3) is 0 Å².